The number of esters is 1. The average Bonchev–Trinajstić information content (AvgIpc) is 3.33. The van der Waals surface area contributed by atoms with Crippen molar-refractivity contribution < 1.29 is 22.4 Å². The maximum atomic E-state index is 12.3. The van der Waals surface area contributed by atoms with Crippen molar-refractivity contribution in [1.29, 1.82) is 0 Å². The molecule has 136 valence electrons. The van der Waals surface area contributed by atoms with Crippen LogP contribution >= 0.6 is 11.3 Å². The fourth-order valence-corrected chi connectivity index (χ4v) is 3.51. The van der Waals surface area contributed by atoms with Crippen molar-refractivity contribution in [3.63, 3.8) is 0 Å². The Bertz CT molecular complexity index is 1010. The molecule has 1 N–H and O–H groups in total. The molecule has 2 aromatic heterocycles. The zero-order chi connectivity index (χ0) is 18.7. The van der Waals surface area contributed by atoms with Gasteiger partial charge in [-0.3, -0.25) is 0 Å². The first-order chi connectivity index (χ1) is 12.4. The normalized spacial score (nSPS) is 12.7. The van der Waals surface area contributed by atoms with E-state index in [0.29, 0.717) is 5.89 Å². The molecule has 0 saturated carbocycles. The fourth-order valence-electron chi connectivity index (χ4n) is 2.09. The van der Waals surface area contributed by atoms with Gasteiger partial charge in [0.05, 0.1) is 15.3 Å². The molecule has 0 amide bonds. The number of sulfonamides is 1. The SMILES string of the molecule is CNS(=O)(=O)c1cccc(C(=O)O[C@H](C)c2nnc(-c3cccs3)o2)c1. The van der Waals surface area contributed by atoms with Gasteiger partial charge in [0, 0.05) is 0 Å². The monoisotopic (exact) mass is 393 g/mol. The van der Waals surface area contributed by atoms with E-state index in [2.05, 4.69) is 14.9 Å². The Kier molecular flexibility index (Phi) is 5.16. The van der Waals surface area contributed by atoms with E-state index >= 15 is 0 Å². The van der Waals surface area contributed by atoms with Gasteiger partial charge >= 0.3 is 5.97 Å². The summed E-state index contributed by atoms with van der Waals surface area (Å²) in [5.41, 5.74) is 0.103. The molecule has 26 heavy (non-hydrogen) atoms. The van der Waals surface area contributed by atoms with Crippen molar-refractivity contribution in [2.45, 2.75) is 17.9 Å². The van der Waals surface area contributed by atoms with Crippen LogP contribution in [0.2, 0.25) is 0 Å². The van der Waals surface area contributed by atoms with Gasteiger partial charge in [0.15, 0.2) is 6.10 Å². The fraction of sp³-hybridized carbons (Fsp3) is 0.188. The van der Waals surface area contributed by atoms with E-state index in [0.717, 1.165) is 4.88 Å². The summed E-state index contributed by atoms with van der Waals surface area (Å²) >= 11 is 1.45. The minimum absolute atomic E-state index is 0.0279. The molecule has 0 radical (unpaired) electrons. The molecule has 0 saturated heterocycles. The van der Waals surface area contributed by atoms with E-state index in [4.69, 9.17) is 9.15 Å². The highest BCUT2D eigenvalue weighted by Crippen LogP contribution is 2.26. The first kappa shape index (κ1) is 18.2. The zero-order valence-electron chi connectivity index (χ0n) is 13.9. The molecule has 3 aromatic rings. The Balaban J connectivity index is 1.75. The van der Waals surface area contributed by atoms with Crippen molar-refractivity contribution in [2.75, 3.05) is 7.05 Å². The summed E-state index contributed by atoms with van der Waals surface area (Å²) in [6.07, 6.45) is -0.784. The Hall–Kier alpha value is -2.56. The quantitative estimate of drug-likeness (QED) is 0.641. The molecule has 1 atom stereocenters. The number of aromatic nitrogens is 2. The second-order valence-corrected chi connectivity index (χ2v) is 8.04. The number of benzene rings is 1. The van der Waals surface area contributed by atoms with Gasteiger partial charge in [-0.05, 0) is 43.6 Å². The van der Waals surface area contributed by atoms with Crippen LogP contribution in [0.1, 0.15) is 29.3 Å². The number of hydrogen-bond acceptors (Lipinski definition) is 8. The Morgan fingerprint density at radius 3 is 2.77 bits per heavy atom. The van der Waals surface area contributed by atoms with Gasteiger partial charge in [0.1, 0.15) is 0 Å². The van der Waals surface area contributed by atoms with Gasteiger partial charge in [-0.25, -0.2) is 17.9 Å². The summed E-state index contributed by atoms with van der Waals surface area (Å²) in [5, 5.41) is 9.71. The molecule has 0 spiro atoms. The molecular formula is C16H15N3O5S2. The van der Waals surface area contributed by atoms with E-state index in [1.807, 2.05) is 17.5 Å². The number of ether oxygens (including phenoxy) is 1. The number of thiophene rings is 1. The summed E-state index contributed by atoms with van der Waals surface area (Å²) in [6.45, 7) is 1.60. The smallest absolute Gasteiger partial charge is 0.338 e. The third-order valence-corrected chi connectivity index (χ3v) is 5.72. The lowest BCUT2D eigenvalue weighted by Crippen LogP contribution is -2.19. The Labute approximate surface area is 153 Å². The lowest BCUT2D eigenvalue weighted by Gasteiger charge is -2.10. The molecule has 0 bridgehead atoms. The predicted octanol–water partition coefficient (Wildman–Crippen LogP) is 2.62. The molecule has 8 nitrogen and oxygen atoms in total. The van der Waals surface area contributed by atoms with Gasteiger partial charge in [0.2, 0.25) is 10.0 Å². The zero-order valence-corrected chi connectivity index (χ0v) is 15.5. The van der Waals surface area contributed by atoms with Crippen LogP contribution in [0.4, 0.5) is 0 Å². The van der Waals surface area contributed by atoms with Crippen molar-refractivity contribution in [2.24, 2.45) is 0 Å². The standard InChI is InChI=1S/C16H15N3O5S2/c1-10(14-18-19-15(24-14)13-7-4-8-25-13)23-16(20)11-5-3-6-12(9-11)26(21,22)17-2/h3-10,17H,1-2H3/t10-/m1/s1. The number of nitrogens with zero attached hydrogens (tertiary/aromatic N) is 2. The van der Waals surface area contributed by atoms with Crippen LogP contribution in [0.15, 0.2) is 51.1 Å². The summed E-state index contributed by atoms with van der Waals surface area (Å²) in [6, 6.07) is 9.26. The maximum absolute atomic E-state index is 12.3. The minimum atomic E-state index is -3.65. The van der Waals surface area contributed by atoms with Crippen molar-refractivity contribution in [1.82, 2.24) is 14.9 Å². The third-order valence-electron chi connectivity index (χ3n) is 3.45. The van der Waals surface area contributed by atoms with E-state index in [1.165, 1.54) is 42.6 Å². The third kappa shape index (κ3) is 3.82. The van der Waals surface area contributed by atoms with Crippen LogP contribution in [0.3, 0.4) is 0 Å². The number of rotatable bonds is 6. The molecule has 1 aromatic carbocycles. The van der Waals surface area contributed by atoms with Crippen molar-refractivity contribution in [3.8, 4) is 10.8 Å². The minimum Gasteiger partial charge on any atom is -0.449 e. The average molecular weight is 393 g/mol. The highest BCUT2D eigenvalue weighted by atomic mass is 32.2. The molecule has 10 heteroatoms. The topological polar surface area (TPSA) is 111 Å². The van der Waals surface area contributed by atoms with Gasteiger partial charge < -0.3 is 9.15 Å². The van der Waals surface area contributed by atoms with Crippen molar-refractivity contribution in [3.05, 3.63) is 53.2 Å². The lowest BCUT2D eigenvalue weighted by atomic mass is 10.2. The predicted molar refractivity (Wildman–Crippen MR) is 94.1 cm³/mol. The molecule has 0 unspecified atom stereocenters. The second kappa shape index (κ2) is 7.36. The number of carbonyl (C=O) groups is 1. The van der Waals surface area contributed by atoms with Gasteiger partial charge in [-0.15, -0.1) is 21.5 Å². The number of carbonyl (C=O) groups excluding carboxylic acids is 1. The second-order valence-electron chi connectivity index (χ2n) is 5.21. The van der Waals surface area contributed by atoms with Crippen LogP contribution in [0, 0.1) is 0 Å². The molecule has 0 aliphatic heterocycles. The van der Waals surface area contributed by atoms with E-state index < -0.39 is 22.1 Å². The molecule has 0 aliphatic rings. The molecule has 0 fully saturated rings. The number of hydrogen-bond donors (Lipinski definition) is 1. The largest absolute Gasteiger partial charge is 0.449 e. The summed E-state index contributed by atoms with van der Waals surface area (Å²) in [5.74, 6) is -0.192. The number of nitrogens with one attached hydrogen (secondary N) is 1. The Morgan fingerprint density at radius 2 is 2.08 bits per heavy atom. The maximum Gasteiger partial charge on any atom is 0.338 e. The van der Waals surface area contributed by atoms with Gasteiger partial charge in [0.25, 0.3) is 11.8 Å². The highest BCUT2D eigenvalue weighted by Gasteiger charge is 2.21. The molecule has 0 aliphatic carbocycles. The molecule has 2 heterocycles. The summed E-state index contributed by atoms with van der Waals surface area (Å²) in [4.78, 5) is 13.1. The van der Waals surface area contributed by atoms with Crippen LogP contribution in [-0.2, 0) is 14.8 Å². The van der Waals surface area contributed by atoms with Gasteiger partial charge in [-0.2, -0.15) is 0 Å². The van der Waals surface area contributed by atoms with E-state index in [1.54, 1.807) is 6.92 Å². The van der Waals surface area contributed by atoms with Crippen LogP contribution in [0.25, 0.3) is 10.8 Å². The van der Waals surface area contributed by atoms with Gasteiger partial charge in [-0.1, -0.05) is 12.1 Å². The van der Waals surface area contributed by atoms with E-state index in [9.17, 15) is 13.2 Å². The molecule has 3 rings (SSSR count). The van der Waals surface area contributed by atoms with Crippen LogP contribution in [0.5, 0.6) is 0 Å². The summed E-state index contributed by atoms with van der Waals surface area (Å²) in [7, 11) is -2.36. The highest BCUT2D eigenvalue weighted by molar-refractivity contribution is 7.89. The summed E-state index contributed by atoms with van der Waals surface area (Å²) < 4.78 is 36.7. The lowest BCUT2D eigenvalue weighted by molar-refractivity contribution is 0.0279. The van der Waals surface area contributed by atoms with E-state index in [-0.39, 0.29) is 16.3 Å². The van der Waals surface area contributed by atoms with Crippen LogP contribution in [-0.4, -0.2) is 31.6 Å². The first-order valence-electron chi connectivity index (χ1n) is 7.52. The van der Waals surface area contributed by atoms with Crippen LogP contribution < -0.4 is 4.72 Å². The van der Waals surface area contributed by atoms with Crippen molar-refractivity contribution >= 4 is 27.3 Å². The Morgan fingerprint density at radius 1 is 1.27 bits per heavy atom. The molecular weight excluding hydrogens is 378 g/mol. The first-order valence-corrected chi connectivity index (χ1v) is 9.89.